The highest BCUT2D eigenvalue weighted by Gasteiger charge is 2.15. The molecule has 0 fully saturated rings. The van der Waals surface area contributed by atoms with E-state index in [0.717, 1.165) is 0 Å². The Kier molecular flexibility index (Phi) is 6.05. The molecule has 1 unspecified atom stereocenters. The van der Waals surface area contributed by atoms with Crippen LogP contribution in [0, 0.1) is 0 Å². The molecule has 0 aliphatic heterocycles. The third-order valence-corrected chi connectivity index (χ3v) is 2.50. The third kappa shape index (κ3) is 5.54. The van der Waals surface area contributed by atoms with Crippen molar-refractivity contribution in [3.8, 4) is 5.75 Å². The average Bonchev–Trinajstić information content (AvgIpc) is 2.38. The van der Waals surface area contributed by atoms with Crippen molar-refractivity contribution in [3.05, 3.63) is 41.9 Å². The summed E-state index contributed by atoms with van der Waals surface area (Å²) < 4.78 is 5.27. The first-order chi connectivity index (χ1) is 9.02. The maximum atomic E-state index is 11.7. The number of hydrogen-bond donors (Lipinski definition) is 2. The van der Waals surface area contributed by atoms with Gasteiger partial charge >= 0.3 is 5.97 Å². The van der Waals surface area contributed by atoms with Crippen LogP contribution in [0.2, 0.25) is 5.02 Å². The van der Waals surface area contributed by atoms with E-state index in [2.05, 4.69) is 11.9 Å². The van der Waals surface area contributed by atoms with Crippen LogP contribution in [0.3, 0.4) is 0 Å². The zero-order valence-electron chi connectivity index (χ0n) is 10.1. The van der Waals surface area contributed by atoms with Crippen LogP contribution in [0.25, 0.3) is 0 Å². The van der Waals surface area contributed by atoms with Gasteiger partial charge in [-0.15, -0.1) is 6.58 Å². The average molecular weight is 284 g/mol. The summed E-state index contributed by atoms with van der Waals surface area (Å²) in [6.45, 7) is 2.99. The zero-order chi connectivity index (χ0) is 14.3. The maximum Gasteiger partial charge on any atom is 0.317 e. The number of halogens is 1. The summed E-state index contributed by atoms with van der Waals surface area (Å²) in [6.07, 6.45) is 1.34. The van der Waals surface area contributed by atoms with E-state index >= 15 is 0 Å². The SMILES string of the molecule is C=CC(NCC(=O)O)C(=O)COc1ccc(Cl)cc1. The minimum absolute atomic E-state index is 0.176. The first-order valence-corrected chi connectivity index (χ1v) is 5.89. The molecule has 2 N–H and O–H groups in total. The van der Waals surface area contributed by atoms with E-state index in [1.54, 1.807) is 24.3 Å². The van der Waals surface area contributed by atoms with Crippen LogP contribution >= 0.6 is 11.6 Å². The van der Waals surface area contributed by atoms with E-state index in [9.17, 15) is 9.59 Å². The number of nitrogens with one attached hydrogen (secondary N) is 1. The zero-order valence-corrected chi connectivity index (χ0v) is 10.9. The number of carbonyl (C=O) groups excluding carboxylic acids is 1. The summed E-state index contributed by atoms with van der Waals surface area (Å²) in [5.74, 6) is -0.830. The highest BCUT2D eigenvalue weighted by Crippen LogP contribution is 2.15. The summed E-state index contributed by atoms with van der Waals surface area (Å²) in [4.78, 5) is 22.2. The van der Waals surface area contributed by atoms with Crippen molar-refractivity contribution in [3.63, 3.8) is 0 Å². The fraction of sp³-hybridized carbons (Fsp3) is 0.231. The number of ketones is 1. The molecule has 1 atom stereocenters. The molecule has 1 aromatic rings. The van der Waals surface area contributed by atoms with Crippen molar-refractivity contribution < 1.29 is 19.4 Å². The van der Waals surface area contributed by atoms with Crippen molar-refractivity contribution >= 4 is 23.4 Å². The maximum absolute atomic E-state index is 11.7. The van der Waals surface area contributed by atoms with Gasteiger partial charge in [0, 0.05) is 5.02 Å². The fourth-order valence-electron chi connectivity index (χ4n) is 1.30. The Labute approximate surface area is 115 Å². The van der Waals surface area contributed by atoms with Gasteiger partial charge in [0.1, 0.15) is 12.4 Å². The molecule has 1 rings (SSSR count). The summed E-state index contributed by atoms with van der Waals surface area (Å²) in [7, 11) is 0. The van der Waals surface area contributed by atoms with E-state index in [1.165, 1.54) is 6.08 Å². The van der Waals surface area contributed by atoms with E-state index in [1.807, 2.05) is 0 Å². The first kappa shape index (κ1) is 15.2. The molecule has 0 saturated heterocycles. The summed E-state index contributed by atoms with van der Waals surface area (Å²) in [6, 6.07) is 5.83. The topological polar surface area (TPSA) is 75.6 Å². The highest BCUT2D eigenvalue weighted by molar-refractivity contribution is 6.30. The molecule has 0 aliphatic carbocycles. The second-order valence-corrected chi connectivity index (χ2v) is 4.13. The predicted octanol–water partition coefficient (Wildman–Crippen LogP) is 1.52. The number of carboxylic acid groups (broad SMARTS) is 1. The van der Waals surface area contributed by atoms with Crippen LogP contribution in [-0.2, 0) is 9.59 Å². The standard InChI is InChI=1S/C13H14ClNO4/c1-2-11(15-7-13(17)18)12(16)8-19-10-5-3-9(14)4-6-10/h2-6,11,15H,1,7-8H2,(H,17,18). The van der Waals surface area contributed by atoms with Gasteiger partial charge in [0.2, 0.25) is 0 Å². The lowest BCUT2D eigenvalue weighted by molar-refractivity contribution is -0.136. The van der Waals surface area contributed by atoms with Gasteiger partial charge < -0.3 is 9.84 Å². The molecule has 0 radical (unpaired) electrons. The lowest BCUT2D eigenvalue weighted by Gasteiger charge is -2.12. The van der Waals surface area contributed by atoms with Gasteiger partial charge in [-0.3, -0.25) is 14.9 Å². The second kappa shape index (κ2) is 7.56. The Morgan fingerprint density at radius 1 is 1.42 bits per heavy atom. The normalized spacial score (nSPS) is 11.6. The van der Waals surface area contributed by atoms with Gasteiger partial charge in [0.05, 0.1) is 12.6 Å². The van der Waals surface area contributed by atoms with Gasteiger partial charge in [0.25, 0.3) is 0 Å². The van der Waals surface area contributed by atoms with Crippen LogP contribution < -0.4 is 10.1 Å². The lowest BCUT2D eigenvalue weighted by Crippen LogP contribution is -2.40. The van der Waals surface area contributed by atoms with Crippen molar-refractivity contribution in [2.24, 2.45) is 0 Å². The van der Waals surface area contributed by atoms with E-state index in [4.69, 9.17) is 21.4 Å². The van der Waals surface area contributed by atoms with Crippen molar-refractivity contribution in [2.45, 2.75) is 6.04 Å². The van der Waals surface area contributed by atoms with Gasteiger partial charge in [-0.25, -0.2) is 0 Å². The monoisotopic (exact) mass is 283 g/mol. The molecule has 0 amide bonds. The Bertz CT molecular complexity index is 458. The summed E-state index contributed by atoms with van der Waals surface area (Å²) >= 11 is 5.72. The summed E-state index contributed by atoms with van der Waals surface area (Å²) in [5, 5.41) is 11.6. The molecule has 0 spiro atoms. The van der Waals surface area contributed by atoms with Crippen LogP contribution in [0.15, 0.2) is 36.9 Å². The minimum Gasteiger partial charge on any atom is -0.486 e. The molecule has 0 bridgehead atoms. The van der Waals surface area contributed by atoms with Crippen LogP contribution in [0.5, 0.6) is 5.75 Å². The number of hydrogen-bond acceptors (Lipinski definition) is 4. The third-order valence-electron chi connectivity index (χ3n) is 2.25. The molecule has 0 aliphatic rings. The van der Waals surface area contributed by atoms with Gasteiger partial charge in [0.15, 0.2) is 5.78 Å². The molecular formula is C13H14ClNO4. The lowest BCUT2D eigenvalue weighted by atomic mass is 10.2. The quantitative estimate of drug-likeness (QED) is 0.708. The number of carboxylic acids is 1. The summed E-state index contributed by atoms with van der Waals surface area (Å²) in [5.41, 5.74) is 0. The second-order valence-electron chi connectivity index (χ2n) is 3.70. The Hall–Kier alpha value is -1.85. The number of ether oxygens (including phenoxy) is 1. The van der Waals surface area contributed by atoms with E-state index < -0.39 is 12.0 Å². The highest BCUT2D eigenvalue weighted by atomic mass is 35.5. The molecular weight excluding hydrogens is 270 g/mol. The first-order valence-electron chi connectivity index (χ1n) is 5.51. The van der Waals surface area contributed by atoms with Crippen LogP contribution in [0.1, 0.15) is 0 Å². The number of aliphatic carboxylic acids is 1. The van der Waals surface area contributed by atoms with Gasteiger partial charge in [-0.1, -0.05) is 17.7 Å². The molecule has 6 heteroatoms. The molecule has 19 heavy (non-hydrogen) atoms. The van der Waals surface area contributed by atoms with Crippen LogP contribution in [0.4, 0.5) is 0 Å². The number of benzene rings is 1. The Morgan fingerprint density at radius 2 is 2.05 bits per heavy atom. The minimum atomic E-state index is -1.04. The fourth-order valence-corrected chi connectivity index (χ4v) is 1.43. The van der Waals surface area contributed by atoms with Gasteiger partial charge in [-0.2, -0.15) is 0 Å². The van der Waals surface area contributed by atoms with Crippen molar-refractivity contribution in [2.75, 3.05) is 13.2 Å². The molecule has 0 aromatic heterocycles. The largest absolute Gasteiger partial charge is 0.486 e. The molecule has 1 aromatic carbocycles. The predicted molar refractivity (Wildman–Crippen MR) is 71.6 cm³/mol. The van der Waals surface area contributed by atoms with Crippen molar-refractivity contribution in [1.82, 2.24) is 5.32 Å². The molecule has 0 saturated carbocycles. The number of carbonyl (C=O) groups is 2. The van der Waals surface area contributed by atoms with Crippen molar-refractivity contribution in [1.29, 1.82) is 0 Å². The van der Waals surface area contributed by atoms with E-state index in [0.29, 0.717) is 10.8 Å². The smallest absolute Gasteiger partial charge is 0.317 e. The van der Waals surface area contributed by atoms with Gasteiger partial charge in [-0.05, 0) is 24.3 Å². The van der Waals surface area contributed by atoms with Crippen LogP contribution in [-0.4, -0.2) is 36.1 Å². The molecule has 5 nitrogen and oxygen atoms in total. The van der Waals surface area contributed by atoms with E-state index in [-0.39, 0.29) is 18.9 Å². The Balaban J connectivity index is 2.46. The number of Topliss-reactive ketones (excluding diaryl/α,β-unsaturated/α-hetero) is 1. The molecule has 0 heterocycles. The molecule has 102 valence electrons. The Morgan fingerprint density at radius 3 is 2.58 bits per heavy atom. The number of rotatable bonds is 8.